The molecule has 1 amide bonds. The van der Waals surface area contributed by atoms with Gasteiger partial charge >= 0.3 is 0 Å². The van der Waals surface area contributed by atoms with Gasteiger partial charge in [0.15, 0.2) is 0 Å². The number of amides is 1. The Hall–Kier alpha value is -0.100. The first-order valence-corrected chi connectivity index (χ1v) is 7.65. The van der Waals surface area contributed by atoms with Crippen molar-refractivity contribution in [2.75, 3.05) is 11.0 Å². The van der Waals surface area contributed by atoms with Crippen LogP contribution in [0.1, 0.15) is 29.6 Å². The maximum Gasteiger partial charge on any atom is 0.251 e. The molecule has 0 heterocycles. The molecule has 0 bridgehead atoms. The zero-order valence-corrected chi connectivity index (χ0v) is 12.8. The van der Waals surface area contributed by atoms with Crippen LogP contribution < -0.4 is 5.32 Å². The summed E-state index contributed by atoms with van der Waals surface area (Å²) < 4.78 is 2.13. The zero-order valence-electron chi connectivity index (χ0n) is 9.01. The number of rotatable bonds is 6. The molecule has 0 aromatic heterocycles. The number of halogens is 2. The first-order valence-electron chi connectivity index (χ1n) is 5.34. The standard InChI is InChI=1S/C12H15BrINO/c13-11-6-4-5-10(9-11)12(16)15-8-3-1-2-7-14/h4-6,9H,1-3,7-8H2,(H,15,16). The largest absolute Gasteiger partial charge is 0.352 e. The van der Waals surface area contributed by atoms with E-state index in [1.165, 1.54) is 17.3 Å². The molecular formula is C12H15BrINO. The van der Waals surface area contributed by atoms with Crippen molar-refractivity contribution in [3.63, 3.8) is 0 Å². The molecule has 2 nitrogen and oxygen atoms in total. The van der Waals surface area contributed by atoms with E-state index in [2.05, 4.69) is 43.8 Å². The van der Waals surface area contributed by atoms with E-state index in [1.807, 2.05) is 24.3 Å². The van der Waals surface area contributed by atoms with Crippen LogP contribution in [0.2, 0.25) is 0 Å². The van der Waals surface area contributed by atoms with Crippen molar-refractivity contribution < 1.29 is 4.79 Å². The van der Waals surface area contributed by atoms with E-state index in [0.29, 0.717) is 5.56 Å². The average Bonchev–Trinajstić information content (AvgIpc) is 2.28. The van der Waals surface area contributed by atoms with E-state index in [-0.39, 0.29) is 5.91 Å². The van der Waals surface area contributed by atoms with Crippen molar-refractivity contribution in [3.05, 3.63) is 34.3 Å². The number of carbonyl (C=O) groups excluding carboxylic acids is 1. The Labute approximate surface area is 118 Å². The Balaban J connectivity index is 2.30. The Morgan fingerprint density at radius 2 is 2.12 bits per heavy atom. The lowest BCUT2D eigenvalue weighted by Gasteiger charge is -2.05. The van der Waals surface area contributed by atoms with Gasteiger partial charge in [-0.2, -0.15) is 0 Å². The van der Waals surface area contributed by atoms with Crippen LogP contribution in [-0.4, -0.2) is 16.9 Å². The summed E-state index contributed by atoms with van der Waals surface area (Å²) >= 11 is 5.72. The van der Waals surface area contributed by atoms with Gasteiger partial charge in [-0.05, 0) is 35.5 Å². The third-order valence-electron chi connectivity index (χ3n) is 2.18. The van der Waals surface area contributed by atoms with Gasteiger partial charge in [0.05, 0.1) is 0 Å². The fourth-order valence-corrected chi connectivity index (χ4v) is 2.27. The molecule has 4 heteroatoms. The SMILES string of the molecule is O=C(NCCCCCI)c1cccc(Br)c1. The normalized spacial score (nSPS) is 10.1. The lowest BCUT2D eigenvalue weighted by molar-refractivity contribution is 0.0953. The highest BCUT2D eigenvalue weighted by molar-refractivity contribution is 14.1. The summed E-state index contributed by atoms with van der Waals surface area (Å²) in [7, 11) is 0. The summed E-state index contributed by atoms with van der Waals surface area (Å²) in [6.07, 6.45) is 3.47. The smallest absolute Gasteiger partial charge is 0.251 e. The number of alkyl halides is 1. The van der Waals surface area contributed by atoms with Gasteiger partial charge in [-0.15, -0.1) is 0 Å². The third-order valence-corrected chi connectivity index (χ3v) is 3.44. The second-order valence-electron chi connectivity index (χ2n) is 3.52. The highest BCUT2D eigenvalue weighted by atomic mass is 127. The van der Waals surface area contributed by atoms with Crippen molar-refractivity contribution >= 4 is 44.4 Å². The van der Waals surface area contributed by atoms with E-state index in [0.717, 1.165) is 17.4 Å². The van der Waals surface area contributed by atoms with Crippen LogP contribution >= 0.6 is 38.5 Å². The molecule has 1 N–H and O–H groups in total. The summed E-state index contributed by atoms with van der Waals surface area (Å²) in [6, 6.07) is 7.44. The number of unbranched alkanes of at least 4 members (excludes halogenated alkanes) is 2. The highest BCUT2D eigenvalue weighted by Crippen LogP contribution is 2.11. The fourth-order valence-electron chi connectivity index (χ4n) is 1.33. The Kier molecular flexibility index (Phi) is 7.03. The molecule has 1 rings (SSSR count). The molecule has 0 saturated heterocycles. The quantitative estimate of drug-likeness (QED) is 0.443. The monoisotopic (exact) mass is 395 g/mol. The topological polar surface area (TPSA) is 29.1 Å². The molecule has 0 aliphatic carbocycles. The fraction of sp³-hybridized carbons (Fsp3) is 0.417. The molecule has 0 aliphatic heterocycles. The van der Waals surface area contributed by atoms with Crippen molar-refractivity contribution in [2.24, 2.45) is 0 Å². The van der Waals surface area contributed by atoms with Gasteiger partial charge < -0.3 is 5.32 Å². The average molecular weight is 396 g/mol. The molecule has 0 radical (unpaired) electrons. The van der Waals surface area contributed by atoms with Gasteiger partial charge in [-0.1, -0.05) is 51.0 Å². The van der Waals surface area contributed by atoms with Gasteiger partial charge in [0.1, 0.15) is 0 Å². The highest BCUT2D eigenvalue weighted by Gasteiger charge is 2.04. The Morgan fingerprint density at radius 3 is 2.81 bits per heavy atom. The minimum atomic E-state index is 0.00998. The summed E-state index contributed by atoms with van der Waals surface area (Å²) in [5.74, 6) is 0.00998. The molecule has 0 unspecified atom stereocenters. The van der Waals surface area contributed by atoms with Crippen LogP contribution in [0.3, 0.4) is 0 Å². The number of nitrogens with one attached hydrogen (secondary N) is 1. The van der Waals surface area contributed by atoms with Gasteiger partial charge in [-0.25, -0.2) is 0 Å². The van der Waals surface area contributed by atoms with E-state index in [1.54, 1.807) is 0 Å². The predicted octanol–water partition coefficient (Wildman–Crippen LogP) is 3.78. The van der Waals surface area contributed by atoms with Crippen LogP contribution in [0, 0.1) is 0 Å². The second kappa shape index (κ2) is 8.06. The first-order chi connectivity index (χ1) is 7.74. The van der Waals surface area contributed by atoms with Crippen LogP contribution in [0.25, 0.3) is 0 Å². The van der Waals surface area contributed by atoms with Gasteiger partial charge in [0.25, 0.3) is 5.91 Å². The minimum Gasteiger partial charge on any atom is -0.352 e. The molecule has 0 aliphatic rings. The van der Waals surface area contributed by atoms with Crippen LogP contribution in [0.5, 0.6) is 0 Å². The molecule has 1 aromatic carbocycles. The molecule has 0 saturated carbocycles. The number of benzene rings is 1. The van der Waals surface area contributed by atoms with E-state index < -0.39 is 0 Å². The van der Waals surface area contributed by atoms with Crippen LogP contribution in [0.15, 0.2) is 28.7 Å². The molecule has 1 aromatic rings. The van der Waals surface area contributed by atoms with Gasteiger partial charge in [-0.3, -0.25) is 4.79 Å². The van der Waals surface area contributed by atoms with Crippen molar-refractivity contribution in [1.82, 2.24) is 5.32 Å². The Morgan fingerprint density at radius 1 is 1.31 bits per heavy atom. The molecule has 0 spiro atoms. The van der Waals surface area contributed by atoms with E-state index in [4.69, 9.17) is 0 Å². The molecule has 0 atom stereocenters. The maximum absolute atomic E-state index is 11.7. The molecule has 0 fully saturated rings. The zero-order chi connectivity index (χ0) is 11.8. The Bertz CT molecular complexity index is 344. The first kappa shape index (κ1) is 14.0. The van der Waals surface area contributed by atoms with Crippen molar-refractivity contribution in [3.8, 4) is 0 Å². The van der Waals surface area contributed by atoms with Gasteiger partial charge in [0, 0.05) is 16.6 Å². The molecular weight excluding hydrogens is 381 g/mol. The van der Waals surface area contributed by atoms with E-state index in [9.17, 15) is 4.79 Å². The molecule has 16 heavy (non-hydrogen) atoms. The van der Waals surface area contributed by atoms with Gasteiger partial charge in [0.2, 0.25) is 0 Å². The summed E-state index contributed by atoms with van der Waals surface area (Å²) in [5.41, 5.74) is 0.711. The number of carbonyl (C=O) groups is 1. The number of hydrogen-bond donors (Lipinski definition) is 1. The van der Waals surface area contributed by atoms with Crippen LogP contribution in [-0.2, 0) is 0 Å². The lowest BCUT2D eigenvalue weighted by atomic mass is 10.2. The summed E-state index contributed by atoms with van der Waals surface area (Å²) in [4.78, 5) is 11.7. The minimum absolute atomic E-state index is 0.00998. The predicted molar refractivity (Wildman–Crippen MR) is 79.2 cm³/mol. The second-order valence-corrected chi connectivity index (χ2v) is 5.51. The third kappa shape index (κ3) is 5.30. The van der Waals surface area contributed by atoms with Crippen molar-refractivity contribution in [1.29, 1.82) is 0 Å². The number of hydrogen-bond acceptors (Lipinski definition) is 1. The summed E-state index contributed by atoms with van der Waals surface area (Å²) in [6.45, 7) is 0.766. The molecule has 88 valence electrons. The lowest BCUT2D eigenvalue weighted by Crippen LogP contribution is -2.24. The van der Waals surface area contributed by atoms with E-state index >= 15 is 0 Å². The summed E-state index contributed by atoms with van der Waals surface area (Å²) in [5, 5.41) is 2.92. The van der Waals surface area contributed by atoms with Crippen LogP contribution in [0.4, 0.5) is 0 Å². The maximum atomic E-state index is 11.7. The van der Waals surface area contributed by atoms with Crippen molar-refractivity contribution in [2.45, 2.75) is 19.3 Å².